The minimum atomic E-state index is 0.283. The SMILES string of the molecule is COc1cc(OC)c2[c]cc(-c3cc(C(C)C)on3)nc2c1. The normalized spacial score (nSPS) is 11.1. The standard InChI is InChI=1S/C17H17N2O3/c1-10(2)16-9-15(19-22-16)13-6-5-12-14(18-13)7-11(20-3)8-17(12)21-4/h6-10H,1-4H3. The molecular formula is C17H17N2O3. The fraction of sp³-hybridized carbons (Fsp3) is 0.294. The fourth-order valence-electron chi connectivity index (χ4n) is 2.20. The van der Waals surface area contributed by atoms with Gasteiger partial charge in [0.1, 0.15) is 23.0 Å². The molecule has 0 aliphatic heterocycles. The lowest BCUT2D eigenvalue weighted by molar-refractivity contribution is 0.373. The van der Waals surface area contributed by atoms with E-state index in [1.807, 2.05) is 18.2 Å². The molecule has 0 fully saturated rings. The van der Waals surface area contributed by atoms with Crippen LogP contribution in [0.3, 0.4) is 0 Å². The van der Waals surface area contributed by atoms with Gasteiger partial charge in [-0.3, -0.25) is 0 Å². The fourth-order valence-corrected chi connectivity index (χ4v) is 2.20. The van der Waals surface area contributed by atoms with E-state index in [1.54, 1.807) is 20.3 Å². The Labute approximate surface area is 128 Å². The van der Waals surface area contributed by atoms with E-state index in [-0.39, 0.29) is 5.92 Å². The lowest BCUT2D eigenvalue weighted by Crippen LogP contribution is -1.92. The number of fused-ring (bicyclic) bond motifs is 1. The van der Waals surface area contributed by atoms with Crippen LogP contribution in [0.5, 0.6) is 11.5 Å². The first-order valence-corrected chi connectivity index (χ1v) is 7.04. The van der Waals surface area contributed by atoms with Gasteiger partial charge in [0.15, 0.2) is 0 Å². The van der Waals surface area contributed by atoms with Crippen molar-refractivity contribution in [2.45, 2.75) is 19.8 Å². The number of nitrogens with zero attached hydrogens (tertiary/aromatic N) is 2. The van der Waals surface area contributed by atoms with Gasteiger partial charge >= 0.3 is 0 Å². The maximum absolute atomic E-state index is 5.37. The van der Waals surface area contributed by atoms with Crippen LogP contribution < -0.4 is 9.47 Å². The van der Waals surface area contributed by atoms with E-state index in [4.69, 9.17) is 14.0 Å². The minimum Gasteiger partial charge on any atom is -0.497 e. The number of benzene rings is 1. The monoisotopic (exact) mass is 297 g/mol. The van der Waals surface area contributed by atoms with Crippen LogP contribution in [0.25, 0.3) is 22.3 Å². The lowest BCUT2D eigenvalue weighted by atomic mass is 10.1. The molecular weight excluding hydrogens is 280 g/mol. The lowest BCUT2D eigenvalue weighted by Gasteiger charge is -2.08. The molecule has 3 aromatic rings. The first kappa shape index (κ1) is 14.4. The largest absolute Gasteiger partial charge is 0.497 e. The first-order chi connectivity index (χ1) is 10.6. The van der Waals surface area contributed by atoms with Crippen molar-refractivity contribution < 1.29 is 14.0 Å². The Morgan fingerprint density at radius 1 is 1.09 bits per heavy atom. The van der Waals surface area contributed by atoms with Crippen LogP contribution in [-0.2, 0) is 0 Å². The Morgan fingerprint density at radius 3 is 2.55 bits per heavy atom. The summed E-state index contributed by atoms with van der Waals surface area (Å²) in [6.45, 7) is 4.11. The van der Waals surface area contributed by atoms with Crippen molar-refractivity contribution in [1.29, 1.82) is 0 Å². The maximum Gasteiger partial charge on any atom is 0.139 e. The van der Waals surface area contributed by atoms with Crippen LogP contribution in [0.1, 0.15) is 25.5 Å². The molecule has 0 atom stereocenters. The molecule has 2 aromatic heterocycles. The second-order valence-electron chi connectivity index (χ2n) is 5.28. The molecule has 0 saturated carbocycles. The number of aromatic nitrogens is 2. The van der Waals surface area contributed by atoms with Gasteiger partial charge in [0, 0.05) is 24.1 Å². The summed E-state index contributed by atoms with van der Waals surface area (Å²) in [5.74, 6) is 2.48. The van der Waals surface area contributed by atoms with Gasteiger partial charge in [0.05, 0.1) is 30.8 Å². The smallest absolute Gasteiger partial charge is 0.139 e. The second kappa shape index (κ2) is 5.67. The van der Waals surface area contributed by atoms with E-state index in [9.17, 15) is 0 Å². The van der Waals surface area contributed by atoms with E-state index >= 15 is 0 Å². The third kappa shape index (κ3) is 2.50. The van der Waals surface area contributed by atoms with Gasteiger partial charge in [0.2, 0.25) is 0 Å². The molecule has 1 radical (unpaired) electrons. The highest BCUT2D eigenvalue weighted by atomic mass is 16.5. The zero-order chi connectivity index (χ0) is 15.7. The average Bonchev–Trinajstić information content (AvgIpc) is 3.03. The Kier molecular flexibility index (Phi) is 3.71. The summed E-state index contributed by atoms with van der Waals surface area (Å²) < 4.78 is 16.0. The minimum absolute atomic E-state index is 0.283. The van der Waals surface area contributed by atoms with Crippen molar-refractivity contribution in [3.63, 3.8) is 0 Å². The Hall–Kier alpha value is -2.56. The number of pyridine rings is 1. The molecule has 2 heterocycles. The molecule has 3 rings (SSSR count). The molecule has 113 valence electrons. The summed E-state index contributed by atoms with van der Waals surface area (Å²) in [6, 6.07) is 10.6. The summed E-state index contributed by atoms with van der Waals surface area (Å²) >= 11 is 0. The maximum atomic E-state index is 5.37. The predicted octanol–water partition coefficient (Wildman–Crippen LogP) is 3.83. The molecule has 0 N–H and O–H groups in total. The van der Waals surface area contributed by atoms with Crippen molar-refractivity contribution in [1.82, 2.24) is 10.1 Å². The molecule has 0 aliphatic carbocycles. The van der Waals surface area contributed by atoms with Gasteiger partial charge in [-0.05, 0) is 12.1 Å². The average molecular weight is 297 g/mol. The Bertz CT molecular complexity index is 809. The molecule has 5 heteroatoms. The van der Waals surface area contributed by atoms with Crippen LogP contribution >= 0.6 is 0 Å². The van der Waals surface area contributed by atoms with Crippen molar-refractivity contribution in [3.8, 4) is 22.9 Å². The van der Waals surface area contributed by atoms with Gasteiger partial charge in [-0.15, -0.1) is 0 Å². The molecule has 5 nitrogen and oxygen atoms in total. The van der Waals surface area contributed by atoms with Crippen LogP contribution in [-0.4, -0.2) is 24.4 Å². The molecule has 22 heavy (non-hydrogen) atoms. The molecule has 0 saturated heterocycles. The number of rotatable bonds is 4. The van der Waals surface area contributed by atoms with Crippen molar-refractivity contribution in [2.24, 2.45) is 0 Å². The zero-order valence-corrected chi connectivity index (χ0v) is 13.0. The quantitative estimate of drug-likeness (QED) is 0.732. The summed E-state index contributed by atoms with van der Waals surface area (Å²) in [4.78, 5) is 4.62. The van der Waals surface area contributed by atoms with Crippen molar-refractivity contribution >= 4 is 10.9 Å². The summed E-state index contributed by atoms with van der Waals surface area (Å²) in [7, 11) is 3.23. The third-order valence-electron chi connectivity index (χ3n) is 3.46. The first-order valence-electron chi connectivity index (χ1n) is 7.04. The van der Waals surface area contributed by atoms with Crippen LogP contribution in [0, 0.1) is 6.07 Å². The van der Waals surface area contributed by atoms with E-state index in [1.165, 1.54) is 0 Å². The highest BCUT2D eigenvalue weighted by Crippen LogP contribution is 2.31. The van der Waals surface area contributed by atoms with Gasteiger partial charge in [-0.25, -0.2) is 4.98 Å². The molecule has 0 unspecified atom stereocenters. The number of methoxy groups -OCH3 is 2. The van der Waals surface area contributed by atoms with Crippen LogP contribution in [0.2, 0.25) is 0 Å². The molecule has 1 aromatic carbocycles. The van der Waals surface area contributed by atoms with Crippen LogP contribution in [0.15, 0.2) is 28.8 Å². The topological polar surface area (TPSA) is 57.4 Å². The van der Waals surface area contributed by atoms with E-state index < -0.39 is 0 Å². The number of hydrogen-bond donors (Lipinski definition) is 0. The van der Waals surface area contributed by atoms with Gasteiger partial charge in [-0.1, -0.05) is 19.0 Å². The zero-order valence-electron chi connectivity index (χ0n) is 13.0. The van der Waals surface area contributed by atoms with Crippen molar-refractivity contribution in [2.75, 3.05) is 14.2 Å². The summed E-state index contributed by atoms with van der Waals surface area (Å²) in [6.07, 6.45) is 0. The van der Waals surface area contributed by atoms with E-state index in [0.29, 0.717) is 22.9 Å². The molecule has 0 bridgehead atoms. The van der Waals surface area contributed by atoms with E-state index in [2.05, 4.69) is 30.1 Å². The number of ether oxygens (including phenoxy) is 2. The highest BCUT2D eigenvalue weighted by Gasteiger charge is 2.13. The van der Waals surface area contributed by atoms with E-state index in [0.717, 1.165) is 16.7 Å². The van der Waals surface area contributed by atoms with Crippen molar-refractivity contribution in [3.05, 3.63) is 36.1 Å². The Morgan fingerprint density at radius 2 is 1.91 bits per heavy atom. The second-order valence-corrected chi connectivity index (χ2v) is 5.28. The summed E-state index contributed by atoms with van der Waals surface area (Å²) in [5.41, 5.74) is 2.14. The third-order valence-corrected chi connectivity index (χ3v) is 3.46. The number of hydrogen-bond acceptors (Lipinski definition) is 5. The van der Waals surface area contributed by atoms with Gasteiger partial charge in [0.25, 0.3) is 0 Å². The summed E-state index contributed by atoms with van der Waals surface area (Å²) in [5, 5.41) is 4.88. The highest BCUT2D eigenvalue weighted by molar-refractivity contribution is 5.87. The van der Waals surface area contributed by atoms with Gasteiger partial charge < -0.3 is 14.0 Å². The van der Waals surface area contributed by atoms with Crippen LogP contribution in [0.4, 0.5) is 0 Å². The molecule has 0 aliphatic rings. The Balaban J connectivity index is 2.11. The predicted molar refractivity (Wildman–Crippen MR) is 83.3 cm³/mol. The molecule has 0 amide bonds. The van der Waals surface area contributed by atoms with Gasteiger partial charge in [-0.2, -0.15) is 0 Å². The molecule has 0 spiro atoms.